The Morgan fingerprint density at radius 1 is 0.925 bits per heavy atom. The summed E-state index contributed by atoms with van der Waals surface area (Å²) in [5.41, 5.74) is -4.27. The fraction of sp³-hybridized carbons (Fsp3) is 0.259. The van der Waals surface area contributed by atoms with Crippen LogP contribution in [0.3, 0.4) is 0 Å². The minimum atomic E-state index is -5.11. The van der Waals surface area contributed by atoms with Gasteiger partial charge in [-0.1, -0.05) is 6.07 Å². The van der Waals surface area contributed by atoms with E-state index in [0.29, 0.717) is 29.5 Å². The van der Waals surface area contributed by atoms with Crippen LogP contribution >= 0.6 is 0 Å². The van der Waals surface area contributed by atoms with Crippen molar-refractivity contribution in [3.05, 3.63) is 98.7 Å². The number of likely N-dealkylation sites (N-methyl/N-ethyl adjacent to an activating group) is 1. The quantitative estimate of drug-likeness (QED) is 0.176. The van der Waals surface area contributed by atoms with Gasteiger partial charge in [0.1, 0.15) is 5.82 Å². The Morgan fingerprint density at radius 2 is 1.48 bits per heavy atom. The van der Waals surface area contributed by atoms with Crippen molar-refractivity contribution in [2.24, 2.45) is 0 Å². The van der Waals surface area contributed by atoms with Gasteiger partial charge in [0, 0.05) is 18.7 Å². The van der Waals surface area contributed by atoms with E-state index in [1.54, 1.807) is 6.92 Å². The Kier molecular flexibility index (Phi) is 8.09. The van der Waals surface area contributed by atoms with Crippen LogP contribution in [0.2, 0.25) is 0 Å². The van der Waals surface area contributed by atoms with Gasteiger partial charge in [-0.25, -0.2) is 4.39 Å². The number of pyridine rings is 1. The zero-order chi connectivity index (χ0) is 30.2. The molecule has 1 heterocycles. The van der Waals surface area contributed by atoms with Crippen molar-refractivity contribution in [1.82, 2.24) is 4.98 Å². The van der Waals surface area contributed by atoms with Crippen molar-refractivity contribution in [3.8, 4) is 11.1 Å². The van der Waals surface area contributed by atoms with Crippen LogP contribution in [-0.2, 0) is 22.6 Å². The molecule has 0 fully saturated rings. The highest BCUT2D eigenvalue weighted by atomic mass is 19.4. The molecule has 13 heteroatoms. The van der Waals surface area contributed by atoms with E-state index in [1.165, 1.54) is 45.3 Å². The summed E-state index contributed by atoms with van der Waals surface area (Å²) in [5.74, 6) is -1.43. The van der Waals surface area contributed by atoms with Crippen LogP contribution in [0.4, 0.5) is 36.4 Å². The molecule has 1 aromatic heterocycles. The number of hydrogen-bond donors (Lipinski definition) is 0. The minimum absolute atomic E-state index is 0.0235. The molecular weight excluding hydrogens is 547 g/mol. The van der Waals surface area contributed by atoms with E-state index in [1.807, 2.05) is 0 Å². The molecular formula is C27H22F7N3O3. The fourth-order valence-corrected chi connectivity index (χ4v) is 4.07. The van der Waals surface area contributed by atoms with Gasteiger partial charge in [-0.15, -0.1) is 0 Å². The van der Waals surface area contributed by atoms with Crippen LogP contribution in [0.25, 0.3) is 17.2 Å². The zero-order valence-electron chi connectivity index (χ0n) is 21.5. The molecule has 0 N–H and O–H groups in total. The van der Waals surface area contributed by atoms with Crippen molar-refractivity contribution in [2.75, 3.05) is 11.9 Å². The van der Waals surface area contributed by atoms with Gasteiger partial charge in [0.05, 0.1) is 39.0 Å². The number of alkyl halides is 6. The second-order valence-corrected chi connectivity index (χ2v) is 9.47. The molecule has 0 saturated carbocycles. The smallest absolute Gasteiger partial charge is 0.313 e. The number of halogens is 7. The molecule has 1 amide bonds. The molecule has 0 radical (unpaired) electrons. The van der Waals surface area contributed by atoms with E-state index in [2.05, 4.69) is 4.98 Å². The summed E-state index contributed by atoms with van der Waals surface area (Å²) in [6.07, 6.45) is -7.32. The van der Waals surface area contributed by atoms with Crippen molar-refractivity contribution >= 4 is 17.7 Å². The Hall–Kier alpha value is -4.29. The van der Waals surface area contributed by atoms with E-state index >= 15 is 0 Å². The van der Waals surface area contributed by atoms with Gasteiger partial charge in [-0.2, -0.15) is 26.3 Å². The lowest BCUT2D eigenvalue weighted by atomic mass is 9.81. The van der Waals surface area contributed by atoms with E-state index in [9.17, 15) is 45.6 Å². The normalized spacial score (nSPS) is 12.6. The number of rotatable bonds is 6. The molecule has 6 nitrogen and oxygen atoms in total. The topological polar surface area (TPSA) is 76.3 Å². The summed E-state index contributed by atoms with van der Waals surface area (Å²) >= 11 is 0. The number of aromatic nitrogens is 1. The van der Waals surface area contributed by atoms with Gasteiger partial charge in [0.15, 0.2) is 0 Å². The third-order valence-electron chi connectivity index (χ3n) is 6.26. The molecule has 0 spiro atoms. The second-order valence-electron chi connectivity index (χ2n) is 9.47. The average molecular weight is 569 g/mol. The molecule has 0 aliphatic carbocycles. The molecule has 2 aromatic carbocycles. The van der Waals surface area contributed by atoms with E-state index in [-0.39, 0.29) is 23.0 Å². The van der Waals surface area contributed by atoms with Gasteiger partial charge < -0.3 is 4.90 Å². The predicted octanol–water partition coefficient (Wildman–Crippen LogP) is 7.42. The summed E-state index contributed by atoms with van der Waals surface area (Å²) in [7, 11) is 1.26. The number of nitro groups is 1. The molecule has 0 aliphatic rings. The summed E-state index contributed by atoms with van der Waals surface area (Å²) in [6, 6.07) is 6.11. The van der Waals surface area contributed by atoms with Gasteiger partial charge in [0.2, 0.25) is 12.1 Å². The van der Waals surface area contributed by atoms with Crippen molar-refractivity contribution < 1.29 is 40.5 Å². The van der Waals surface area contributed by atoms with Gasteiger partial charge in [0.25, 0.3) is 0 Å². The van der Waals surface area contributed by atoms with Crippen molar-refractivity contribution in [1.29, 1.82) is 0 Å². The third-order valence-corrected chi connectivity index (χ3v) is 6.26. The lowest BCUT2D eigenvalue weighted by molar-refractivity contribution is -0.401. The van der Waals surface area contributed by atoms with E-state index in [0.717, 1.165) is 17.0 Å². The molecule has 212 valence electrons. The Morgan fingerprint density at radius 3 is 1.98 bits per heavy atom. The summed E-state index contributed by atoms with van der Waals surface area (Å²) in [4.78, 5) is 28.8. The number of amides is 1. The number of benzene rings is 2. The van der Waals surface area contributed by atoms with Crippen molar-refractivity contribution in [3.63, 3.8) is 0 Å². The Balaban J connectivity index is 2.18. The fourth-order valence-electron chi connectivity index (χ4n) is 4.07. The second kappa shape index (κ2) is 10.7. The molecule has 40 heavy (non-hydrogen) atoms. The van der Waals surface area contributed by atoms with E-state index in [4.69, 9.17) is 0 Å². The van der Waals surface area contributed by atoms with Crippen LogP contribution in [0, 0.1) is 22.9 Å². The predicted molar refractivity (Wildman–Crippen MR) is 133 cm³/mol. The minimum Gasteiger partial charge on any atom is -0.313 e. The van der Waals surface area contributed by atoms with Crippen LogP contribution < -0.4 is 4.90 Å². The molecule has 0 atom stereocenters. The Labute approximate surface area is 223 Å². The maximum absolute atomic E-state index is 13.8. The average Bonchev–Trinajstić information content (AvgIpc) is 2.85. The highest BCUT2D eigenvalue weighted by Gasteiger charge is 2.41. The first-order valence-electron chi connectivity index (χ1n) is 11.5. The molecule has 0 saturated heterocycles. The number of nitrogens with zero attached hydrogens (tertiary/aromatic N) is 3. The van der Waals surface area contributed by atoms with Gasteiger partial charge >= 0.3 is 12.4 Å². The molecule has 0 unspecified atom stereocenters. The third kappa shape index (κ3) is 6.46. The Bertz CT molecular complexity index is 1460. The zero-order valence-corrected chi connectivity index (χ0v) is 21.5. The van der Waals surface area contributed by atoms with Crippen LogP contribution in [0.1, 0.15) is 41.8 Å². The highest BCUT2D eigenvalue weighted by Crippen LogP contribution is 2.41. The molecule has 0 aliphatic heterocycles. The van der Waals surface area contributed by atoms with Gasteiger partial charge in [-0.3, -0.25) is 19.9 Å². The standard InChI is InChI=1S/C27H22F7N3O3/c1-15-9-19(28)5-6-21(15)22-13-20(7-8-37(39)40)35-14-23(22)36(4)24(38)25(2,3)16-10-17(26(29,30)31)12-18(11-16)27(32,33)34/h5-14H,1-4H3. The largest absolute Gasteiger partial charge is 0.416 e. The molecule has 0 bridgehead atoms. The number of anilines is 1. The molecule has 3 aromatic rings. The summed E-state index contributed by atoms with van der Waals surface area (Å²) in [5, 5.41) is 10.8. The number of carbonyl (C=O) groups excluding carboxylic acids is 1. The molecule has 3 rings (SSSR count). The highest BCUT2D eigenvalue weighted by molar-refractivity contribution is 6.03. The first-order chi connectivity index (χ1) is 18.3. The van der Waals surface area contributed by atoms with E-state index < -0.39 is 51.1 Å². The number of carbonyl (C=O) groups is 1. The summed E-state index contributed by atoms with van der Waals surface area (Å²) < 4.78 is 94.6. The van der Waals surface area contributed by atoms with Crippen molar-refractivity contribution in [2.45, 2.75) is 38.5 Å². The first kappa shape index (κ1) is 30.3. The van der Waals surface area contributed by atoms with Crippen LogP contribution in [0.5, 0.6) is 0 Å². The van der Waals surface area contributed by atoms with Crippen LogP contribution in [0.15, 0.2) is 54.9 Å². The lowest BCUT2D eigenvalue weighted by Crippen LogP contribution is -2.42. The monoisotopic (exact) mass is 569 g/mol. The number of aryl methyl sites for hydroxylation is 1. The van der Waals surface area contributed by atoms with Crippen LogP contribution in [-0.4, -0.2) is 22.9 Å². The SMILES string of the molecule is Cc1cc(F)ccc1-c1cc(C=C[N+](=O)[O-])ncc1N(C)C(=O)C(C)(C)c1cc(C(F)(F)F)cc(C(F)(F)F)c1. The number of hydrogen-bond acceptors (Lipinski definition) is 4. The maximum Gasteiger partial charge on any atom is 0.416 e. The summed E-state index contributed by atoms with van der Waals surface area (Å²) in [6.45, 7) is 3.94. The maximum atomic E-state index is 13.8. The van der Waals surface area contributed by atoms with Gasteiger partial charge in [-0.05, 0) is 73.9 Å². The lowest BCUT2D eigenvalue weighted by Gasteiger charge is -2.32. The first-order valence-corrected chi connectivity index (χ1v) is 11.5.